The minimum absolute atomic E-state index is 0.0253. The second-order valence-electron chi connectivity index (χ2n) is 11.3. The minimum atomic E-state index is -3.96. The highest BCUT2D eigenvalue weighted by molar-refractivity contribution is 7.90. The first kappa shape index (κ1) is 32.9. The van der Waals surface area contributed by atoms with Crippen LogP contribution in [0.5, 0.6) is 0 Å². The molecule has 230 valence electrons. The third kappa shape index (κ3) is 7.19. The monoisotopic (exact) mass is 658 g/mol. The molecule has 0 N–H and O–H groups in total. The minimum Gasteiger partial charge on any atom is -0.330 e. The van der Waals surface area contributed by atoms with Gasteiger partial charge in [-0.1, -0.05) is 54.4 Å². The fourth-order valence-electron chi connectivity index (χ4n) is 5.86. The van der Waals surface area contributed by atoms with Crippen LogP contribution in [-0.4, -0.2) is 76.0 Å². The van der Waals surface area contributed by atoms with Crippen LogP contribution >= 0.6 is 23.2 Å². The number of carbonyl (C=O) groups excluding carboxylic acids is 2. The zero-order chi connectivity index (χ0) is 30.9. The summed E-state index contributed by atoms with van der Waals surface area (Å²) in [7, 11) is -6.00. The van der Waals surface area contributed by atoms with E-state index in [1.165, 1.54) is 11.4 Å². The molecule has 4 atom stereocenters. The number of hydrogen-bond acceptors (Lipinski definition) is 7. The molecule has 1 amide bonds. The Kier molecular flexibility index (Phi) is 10.1. The van der Waals surface area contributed by atoms with E-state index in [2.05, 4.69) is 0 Å². The number of likely N-dealkylation sites (N-methyl/N-ethyl adjacent to an activating group) is 1. The molecular weight excluding hydrogens is 623 g/mol. The van der Waals surface area contributed by atoms with Crippen molar-refractivity contribution in [1.82, 2.24) is 9.21 Å². The highest BCUT2D eigenvalue weighted by Gasteiger charge is 2.54. The molecule has 1 aliphatic carbocycles. The van der Waals surface area contributed by atoms with Crippen LogP contribution in [0.4, 0.5) is 0 Å². The summed E-state index contributed by atoms with van der Waals surface area (Å²) in [5, 5.41) is 0.549. The lowest BCUT2D eigenvalue weighted by Crippen LogP contribution is -2.60. The van der Waals surface area contributed by atoms with Crippen LogP contribution in [0.25, 0.3) is 0 Å². The zero-order valence-corrected chi connectivity index (χ0v) is 26.9. The van der Waals surface area contributed by atoms with Gasteiger partial charge >= 0.3 is 0 Å². The summed E-state index contributed by atoms with van der Waals surface area (Å²) in [6.45, 7) is 1.36. The lowest BCUT2D eigenvalue weighted by atomic mass is 9.66. The third-order valence-corrected chi connectivity index (χ3v) is 11.6. The van der Waals surface area contributed by atoms with Gasteiger partial charge in [-0.25, -0.2) is 12.7 Å². The number of rotatable bonds is 13. The second kappa shape index (κ2) is 12.9. The first-order valence-corrected chi connectivity index (χ1v) is 17.9. The average Bonchev–Trinajstić information content (AvgIpc) is 3.78. The van der Waals surface area contributed by atoms with Gasteiger partial charge in [-0.15, -0.1) is 0 Å². The van der Waals surface area contributed by atoms with E-state index in [0.717, 1.165) is 17.4 Å². The fraction of sp³-hybridized carbons (Fsp3) is 0.517. The highest BCUT2D eigenvalue weighted by Crippen LogP contribution is 2.52. The number of nitrogens with zero attached hydrogens (tertiary/aromatic N) is 2. The van der Waals surface area contributed by atoms with Crippen molar-refractivity contribution in [3.63, 3.8) is 0 Å². The maximum absolute atomic E-state index is 14.7. The third-order valence-electron chi connectivity index (χ3n) is 8.20. The number of sulfonamides is 1. The van der Waals surface area contributed by atoms with Crippen LogP contribution in [0.3, 0.4) is 0 Å². The van der Waals surface area contributed by atoms with E-state index in [-0.39, 0.29) is 19.4 Å². The Bertz CT molecular complexity index is 1510. The Morgan fingerprint density at radius 2 is 1.74 bits per heavy atom. The lowest BCUT2D eigenvalue weighted by Gasteiger charge is -2.53. The quantitative estimate of drug-likeness (QED) is 0.224. The molecule has 4 unspecified atom stereocenters. The summed E-state index contributed by atoms with van der Waals surface area (Å²) in [4.78, 5) is 28.4. The summed E-state index contributed by atoms with van der Waals surface area (Å²) < 4.78 is 57.0. The van der Waals surface area contributed by atoms with Gasteiger partial charge in [0.25, 0.3) is 10.1 Å². The number of aldehydes is 1. The van der Waals surface area contributed by atoms with Crippen molar-refractivity contribution in [2.75, 3.05) is 26.5 Å². The van der Waals surface area contributed by atoms with Gasteiger partial charge in [-0.2, -0.15) is 8.42 Å². The second-order valence-corrected chi connectivity index (χ2v) is 16.1. The van der Waals surface area contributed by atoms with Gasteiger partial charge in [0.05, 0.1) is 29.6 Å². The van der Waals surface area contributed by atoms with E-state index in [4.69, 9.17) is 27.4 Å². The molecule has 1 aliphatic heterocycles. The molecule has 2 aromatic carbocycles. The number of carbonyl (C=O) groups is 2. The van der Waals surface area contributed by atoms with Crippen LogP contribution in [0.1, 0.15) is 62.1 Å². The Hall–Kier alpha value is -2.02. The average molecular weight is 660 g/mol. The zero-order valence-electron chi connectivity index (χ0n) is 23.8. The predicted octanol–water partition coefficient (Wildman–Crippen LogP) is 4.80. The van der Waals surface area contributed by atoms with Gasteiger partial charge in [-0.05, 0) is 61.1 Å². The van der Waals surface area contributed by atoms with Crippen molar-refractivity contribution >= 4 is 55.5 Å². The Balaban J connectivity index is 1.91. The van der Waals surface area contributed by atoms with Gasteiger partial charge in [0.1, 0.15) is 6.29 Å². The van der Waals surface area contributed by atoms with Gasteiger partial charge < -0.3 is 9.69 Å². The molecule has 9 nitrogen and oxygen atoms in total. The van der Waals surface area contributed by atoms with Crippen LogP contribution < -0.4 is 0 Å². The largest absolute Gasteiger partial charge is 0.330 e. The summed E-state index contributed by atoms with van der Waals surface area (Å²) >= 11 is 12.6. The molecule has 2 fully saturated rings. The number of likely N-dealkylation sites (tertiary alicyclic amines) is 1. The van der Waals surface area contributed by atoms with Crippen molar-refractivity contribution in [2.24, 2.45) is 5.41 Å². The molecule has 13 heteroatoms. The predicted molar refractivity (Wildman–Crippen MR) is 162 cm³/mol. The van der Waals surface area contributed by atoms with E-state index >= 15 is 0 Å². The lowest BCUT2D eigenvalue weighted by molar-refractivity contribution is -0.160. The molecule has 4 rings (SSSR count). The molecule has 2 aromatic rings. The van der Waals surface area contributed by atoms with Gasteiger partial charge in [-0.3, -0.25) is 8.98 Å². The summed E-state index contributed by atoms with van der Waals surface area (Å²) in [6, 6.07) is 13.1. The maximum Gasteiger partial charge on any atom is 0.264 e. The van der Waals surface area contributed by atoms with Crippen LogP contribution in [0.15, 0.2) is 48.5 Å². The maximum atomic E-state index is 14.7. The van der Waals surface area contributed by atoms with E-state index in [1.807, 2.05) is 25.1 Å². The van der Waals surface area contributed by atoms with E-state index < -0.39 is 61.3 Å². The first-order chi connectivity index (χ1) is 19.7. The summed E-state index contributed by atoms with van der Waals surface area (Å²) in [5.41, 5.74) is 0.0123. The molecule has 0 bridgehead atoms. The Morgan fingerprint density at radius 3 is 2.29 bits per heavy atom. The highest BCUT2D eigenvalue weighted by atomic mass is 35.5. The van der Waals surface area contributed by atoms with Crippen molar-refractivity contribution in [2.45, 2.75) is 62.3 Å². The van der Waals surface area contributed by atoms with Crippen molar-refractivity contribution < 1.29 is 30.6 Å². The fourth-order valence-corrected chi connectivity index (χ4v) is 8.25. The van der Waals surface area contributed by atoms with Crippen LogP contribution in [0, 0.1) is 5.41 Å². The Labute approximate surface area is 258 Å². The topological polar surface area (TPSA) is 118 Å². The van der Waals surface area contributed by atoms with E-state index in [1.54, 1.807) is 35.2 Å². The SMILES string of the molecule is CCC(CN(C)S(=O)(=O)C1CC1)N1C(=O)C(CC=O)(COS(C)(=O)=O)CC(c2cccc(Cl)c2)C1c1ccc(Cl)cc1. The van der Waals surface area contributed by atoms with Crippen molar-refractivity contribution in [3.05, 3.63) is 69.7 Å². The number of piperidine rings is 1. The molecule has 0 aromatic heterocycles. The molecule has 2 aliphatic rings. The number of amides is 1. The first-order valence-electron chi connectivity index (χ1n) is 13.8. The molecule has 1 saturated heterocycles. The standard InChI is InChI=1S/C29H36Cl2N2O7S2/c1-4-24(18-32(2)42(38,39)25-12-13-25)33-27(20-8-10-22(30)11-9-20)26(21-6-5-7-23(31)16-21)17-29(14-15-34,28(33)35)19-40-41(3,36)37/h5-11,15-16,24-27H,4,12-14,17-19H2,1-3H3. The van der Waals surface area contributed by atoms with Gasteiger partial charge in [0.2, 0.25) is 15.9 Å². The molecule has 0 radical (unpaired) electrons. The van der Waals surface area contributed by atoms with Crippen LogP contribution in [-0.2, 0) is 33.9 Å². The molecule has 42 heavy (non-hydrogen) atoms. The number of hydrogen-bond donors (Lipinski definition) is 0. The van der Waals surface area contributed by atoms with Crippen molar-refractivity contribution in [3.8, 4) is 0 Å². The molecular formula is C29H36Cl2N2O7S2. The van der Waals surface area contributed by atoms with E-state index in [0.29, 0.717) is 35.6 Å². The van der Waals surface area contributed by atoms with Gasteiger partial charge in [0.15, 0.2) is 0 Å². The summed E-state index contributed by atoms with van der Waals surface area (Å²) in [6.07, 6.45) is 2.90. The smallest absolute Gasteiger partial charge is 0.264 e. The molecule has 0 spiro atoms. The number of halogens is 2. The molecule has 1 heterocycles. The van der Waals surface area contributed by atoms with Gasteiger partial charge in [0, 0.05) is 42.0 Å². The normalized spacial score (nSPS) is 24.1. The van der Waals surface area contributed by atoms with Crippen LogP contribution in [0.2, 0.25) is 10.0 Å². The van der Waals surface area contributed by atoms with E-state index in [9.17, 15) is 26.4 Å². The Morgan fingerprint density at radius 1 is 1.07 bits per heavy atom. The molecule has 1 saturated carbocycles. The van der Waals surface area contributed by atoms with Crippen molar-refractivity contribution in [1.29, 1.82) is 0 Å². The number of benzene rings is 2. The summed E-state index contributed by atoms with van der Waals surface area (Å²) in [5.74, 6) is -0.925.